The summed E-state index contributed by atoms with van der Waals surface area (Å²) in [6.45, 7) is 1.05. The van der Waals surface area contributed by atoms with Crippen LogP contribution in [0.5, 0.6) is 0 Å². The number of ether oxygens (including phenoxy) is 1. The van der Waals surface area contributed by atoms with E-state index in [2.05, 4.69) is 0 Å². The number of amides is 1. The third kappa shape index (κ3) is 3.33. The van der Waals surface area contributed by atoms with Gasteiger partial charge in [0.1, 0.15) is 6.10 Å². The lowest BCUT2D eigenvalue weighted by atomic mass is 9.96. The van der Waals surface area contributed by atoms with Crippen molar-refractivity contribution in [2.75, 3.05) is 19.8 Å². The third-order valence-electron chi connectivity index (χ3n) is 4.93. The van der Waals surface area contributed by atoms with E-state index in [-0.39, 0.29) is 24.7 Å². The van der Waals surface area contributed by atoms with Crippen molar-refractivity contribution in [1.29, 1.82) is 0 Å². The lowest BCUT2D eigenvalue weighted by Gasteiger charge is -2.41. The Morgan fingerprint density at radius 2 is 1.95 bits per heavy atom. The lowest BCUT2D eigenvalue weighted by Crippen LogP contribution is -2.49. The molecule has 4 nitrogen and oxygen atoms in total. The molecule has 1 aliphatic carbocycles. The van der Waals surface area contributed by atoms with Crippen LogP contribution in [-0.2, 0) is 9.53 Å². The summed E-state index contributed by atoms with van der Waals surface area (Å²) in [5, 5.41) is 9.64. The molecule has 120 valence electrons. The Morgan fingerprint density at radius 3 is 2.64 bits per heavy atom. The predicted molar refractivity (Wildman–Crippen MR) is 84.3 cm³/mol. The predicted octanol–water partition coefficient (Wildman–Crippen LogP) is 2.53. The quantitative estimate of drug-likeness (QED) is 0.930. The summed E-state index contributed by atoms with van der Waals surface area (Å²) in [5.74, 6) is 0.752. The summed E-state index contributed by atoms with van der Waals surface area (Å²) in [7, 11) is 0. The van der Waals surface area contributed by atoms with Gasteiger partial charge >= 0.3 is 0 Å². The van der Waals surface area contributed by atoms with E-state index < -0.39 is 0 Å². The first-order chi connectivity index (χ1) is 10.8. The van der Waals surface area contributed by atoms with Crippen LogP contribution in [0.25, 0.3) is 0 Å². The summed E-state index contributed by atoms with van der Waals surface area (Å²) in [6, 6.07) is 9.76. The molecule has 0 bridgehead atoms. The van der Waals surface area contributed by atoms with Gasteiger partial charge < -0.3 is 14.7 Å². The van der Waals surface area contributed by atoms with Crippen LogP contribution in [0.4, 0.5) is 0 Å². The number of rotatable bonds is 4. The number of aliphatic hydroxyl groups is 1. The molecule has 1 saturated carbocycles. The van der Waals surface area contributed by atoms with Crippen molar-refractivity contribution in [2.24, 2.45) is 5.92 Å². The highest BCUT2D eigenvalue weighted by atomic mass is 16.5. The van der Waals surface area contributed by atoms with E-state index in [1.807, 2.05) is 35.2 Å². The van der Waals surface area contributed by atoms with Crippen molar-refractivity contribution >= 4 is 5.91 Å². The fourth-order valence-corrected chi connectivity index (χ4v) is 3.79. The van der Waals surface area contributed by atoms with Crippen LogP contribution in [0, 0.1) is 5.92 Å². The topological polar surface area (TPSA) is 49.8 Å². The van der Waals surface area contributed by atoms with Crippen LogP contribution >= 0.6 is 0 Å². The van der Waals surface area contributed by atoms with E-state index in [9.17, 15) is 9.90 Å². The zero-order valence-corrected chi connectivity index (χ0v) is 13.0. The maximum atomic E-state index is 12.8. The summed E-state index contributed by atoms with van der Waals surface area (Å²) < 4.78 is 5.70. The van der Waals surface area contributed by atoms with Gasteiger partial charge in [0, 0.05) is 13.0 Å². The summed E-state index contributed by atoms with van der Waals surface area (Å²) in [5.41, 5.74) is 1.04. The third-order valence-corrected chi connectivity index (χ3v) is 4.93. The molecule has 1 amide bonds. The Bertz CT molecular complexity index is 484. The minimum absolute atomic E-state index is 0.0627. The molecule has 22 heavy (non-hydrogen) atoms. The number of carbonyl (C=O) groups excluding carboxylic acids is 1. The van der Waals surface area contributed by atoms with Gasteiger partial charge in [-0.3, -0.25) is 4.79 Å². The Morgan fingerprint density at radius 1 is 1.23 bits per heavy atom. The fourth-order valence-electron chi connectivity index (χ4n) is 3.79. The molecule has 1 heterocycles. The number of morpholine rings is 1. The van der Waals surface area contributed by atoms with E-state index in [0.29, 0.717) is 25.5 Å². The smallest absolute Gasteiger partial charge is 0.223 e. The highest BCUT2D eigenvalue weighted by Gasteiger charge is 2.36. The summed E-state index contributed by atoms with van der Waals surface area (Å²) in [4.78, 5) is 14.7. The highest BCUT2D eigenvalue weighted by molar-refractivity contribution is 5.77. The lowest BCUT2D eigenvalue weighted by molar-refractivity contribution is -0.150. The SMILES string of the molecule is O=C(CC1CCCC1)N1CCO[C@H](CO)[C@H]1c1ccccc1. The average molecular weight is 303 g/mol. The second-order valence-corrected chi connectivity index (χ2v) is 6.39. The molecule has 1 aromatic carbocycles. The molecule has 1 saturated heterocycles. The first-order valence-corrected chi connectivity index (χ1v) is 8.36. The van der Waals surface area contributed by atoms with Gasteiger partial charge in [0.15, 0.2) is 0 Å². The van der Waals surface area contributed by atoms with Gasteiger partial charge in [-0.25, -0.2) is 0 Å². The van der Waals surface area contributed by atoms with Crippen LogP contribution in [0.2, 0.25) is 0 Å². The van der Waals surface area contributed by atoms with E-state index in [1.165, 1.54) is 25.7 Å². The van der Waals surface area contributed by atoms with Crippen molar-refractivity contribution in [2.45, 2.75) is 44.2 Å². The molecule has 3 rings (SSSR count). The van der Waals surface area contributed by atoms with Gasteiger partial charge in [-0.15, -0.1) is 0 Å². The van der Waals surface area contributed by atoms with Crippen LogP contribution in [-0.4, -0.2) is 41.8 Å². The zero-order chi connectivity index (χ0) is 15.4. The average Bonchev–Trinajstić information content (AvgIpc) is 3.07. The fraction of sp³-hybridized carbons (Fsp3) is 0.611. The summed E-state index contributed by atoms with van der Waals surface area (Å²) in [6.07, 6.45) is 5.17. The highest BCUT2D eigenvalue weighted by Crippen LogP contribution is 2.33. The minimum Gasteiger partial charge on any atom is -0.394 e. The molecule has 0 aromatic heterocycles. The molecular formula is C18H25NO3. The maximum absolute atomic E-state index is 12.8. The van der Waals surface area contributed by atoms with Crippen molar-refractivity contribution in [3.63, 3.8) is 0 Å². The van der Waals surface area contributed by atoms with Gasteiger partial charge in [0.05, 0.1) is 19.3 Å². The molecule has 1 aromatic rings. The first kappa shape index (κ1) is 15.5. The number of carbonyl (C=O) groups is 1. The number of nitrogens with zero attached hydrogens (tertiary/aromatic N) is 1. The van der Waals surface area contributed by atoms with Gasteiger partial charge in [-0.1, -0.05) is 43.2 Å². The van der Waals surface area contributed by atoms with Crippen LogP contribution < -0.4 is 0 Å². The first-order valence-electron chi connectivity index (χ1n) is 8.36. The van der Waals surface area contributed by atoms with Gasteiger partial charge in [-0.05, 0) is 24.3 Å². The van der Waals surface area contributed by atoms with Crippen molar-refractivity contribution in [3.05, 3.63) is 35.9 Å². The van der Waals surface area contributed by atoms with Crippen LogP contribution in [0.15, 0.2) is 30.3 Å². The molecular weight excluding hydrogens is 278 g/mol. The number of benzene rings is 1. The Kier molecular flexibility index (Phi) is 5.11. The normalized spacial score (nSPS) is 26.3. The second kappa shape index (κ2) is 7.25. The van der Waals surface area contributed by atoms with Gasteiger partial charge in [0.25, 0.3) is 0 Å². The standard InChI is InChI=1S/C18H25NO3/c20-13-16-18(15-8-2-1-3-9-15)19(10-11-22-16)17(21)12-14-6-4-5-7-14/h1-3,8-9,14,16,18,20H,4-7,10-13H2/t16-,18-/m1/s1. The minimum atomic E-state index is -0.330. The van der Waals surface area contributed by atoms with Gasteiger partial charge in [0.2, 0.25) is 5.91 Å². The van der Waals surface area contributed by atoms with E-state index >= 15 is 0 Å². The number of hydrogen-bond acceptors (Lipinski definition) is 3. The number of aliphatic hydroxyl groups excluding tert-OH is 1. The van der Waals surface area contributed by atoms with E-state index in [0.717, 1.165) is 5.56 Å². The molecule has 0 unspecified atom stereocenters. The molecule has 1 aliphatic heterocycles. The Balaban J connectivity index is 1.78. The van der Waals surface area contributed by atoms with Crippen LogP contribution in [0.1, 0.15) is 43.7 Å². The van der Waals surface area contributed by atoms with Gasteiger partial charge in [-0.2, -0.15) is 0 Å². The molecule has 2 atom stereocenters. The Labute approximate surface area is 132 Å². The zero-order valence-electron chi connectivity index (χ0n) is 13.0. The molecule has 1 N–H and O–H groups in total. The maximum Gasteiger partial charge on any atom is 0.223 e. The number of hydrogen-bond donors (Lipinski definition) is 1. The monoisotopic (exact) mass is 303 g/mol. The molecule has 2 fully saturated rings. The van der Waals surface area contributed by atoms with Crippen molar-refractivity contribution < 1.29 is 14.6 Å². The molecule has 2 aliphatic rings. The molecule has 4 heteroatoms. The largest absolute Gasteiger partial charge is 0.394 e. The van der Waals surface area contributed by atoms with E-state index in [1.54, 1.807) is 0 Å². The van der Waals surface area contributed by atoms with Crippen molar-refractivity contribution in [1.82, 2.24) is 4.90 Å². The summed E-state index contributed by atoms with van der Waals surface area (Å²) >= 11 is 0. The molecule has 0 radical (unpaired) electrons. The van der Waals surface area contributed by atoms with Crippen LogP contribution in [0.3, 0.4) is 0 Å². The Hall–Kier alpha value is -1.39. The van der Waals surface area contributed by atoms with Crippen molar-refractivity contribution in [3.8, 4) is 0 Å². The molecule has 0 spiro atoms. The second-order valence-electron chi connectivity index (χ2n) is 6.39. The van der Waals surface area contributed by atoms with E-state index in [4.69, 9.17) is 4.74 Å².